The van der Waals surface area contributed by atoms with Gasteiger partial charge in [0.2, 0.25) is 0 Å². The monoisotopic (exact) mass is 890 g/mol. The second-order valence-electron chi connectivity index (χ2n) is 11.4. The summed E-state index contributed by atoms with van der Waals surface area (Å²) >= 11 is 0. The molecule has 0 atom stereocenters. The average molecular weight is 891 g/mol. The van der Waals surface area contributed by atoms with Crippen LogP contribution in [0.15, 0.2) is 97.1 Å². The predicted molar refractivity (Wildman–Crippen MR) is 227 cm³/mol. The van der Waals surface area contributed by atoms with Crippen LogP contribution in [-0.2, 0) is 21.1 Å². The molecule has 7 aromatic rings. The van der Waals surface area contributed by atoms with Crippen molar-refractivity contribution in [2.24, 2.45) is 5.92 Å². The van der Waals surface area contributed by atoms with Crippen LogP contribution in [0.2, 0.25) is 0 Å². The van der Waals surface area contributed by atoms with Gasteiger partial charge in [-0.1, -0.05) is 181 Å². The van der Waals surface area contributed by atoms with E-state index in [0.29, 0.717) is 45.9 Å². The standard InChI is InChI=1S/C32H16N8.C4H10.4C2H6.CH4.W/c1-2-10-18-17(9-1)25-33-26(18)38-28-21-13-5-6-14-22(21)30(35-28)40-32-24-16-8-7-15-23(24)31(36-32)39-29-20-12-4-3-11-19(20)27(34-29)37-25;1-4(2)3;4*1-2;;/h1-16H;4H,1-3H3;4*1-2H3;1H4;/q-2;;;;;;;+2. The maximum absolute atomic E-state index is 4.95. The van der Waals surface area contributed by atoms with Gasteiger partial charge in [0, 0.05) is 44.8 Å². The van der Waals surface area contributed by atoms with Gasteiger partial charge in [0.05, 0.1) is 23.3 Å². The molecule has 4 aromatic carbocycles. The van der Waals surface area contributed by atoms with Crippen molar-refractivity contribution in [3.8, 4) is 45.6 Å². The van der Waals surface area contributed by atoms with Gasteiger partial charge < -0.3 is 29.9 Å². The van der Waals surface area contributed by atoms with E-state index in [2.05, 4.69) is 20.8 Å². The normalized spacial score (nSPS) is 10.0. The summed E-state index contributed by atoms with van der Waals surface area (Å²) < 4.78 is 0. The smallest absolute Gasteiger partial charge is 0.357 e. The number of rotatable bonds is 0. The van der Waals surface area contributed by atoms with Gasteiger partial charge in [-0.25, -0.2) is 9.97 Å². The molecule has 280 valence electrons. The van der Waals surface area contributed by atoms with E-state index < -0.39 is 0 Å². The molecule has 3 aromatic heterocycles. The Labute approximate surface area is 335 Å². The van der Waals surface area contributed by atoms with E-state index in [-0.39, 0.29) is 28.5 Å². The Bertz CT molecular complexity index is 2090. The van der Waals surface area contributed by atoms with E-state index in [0.717, 1.165) is 49.7 Å². The fourth-order valence-electron chi connectivity index (χ4n) is 5.46. The zero-order valence-electron chi connectivity index (χ0n) is 32.8. The molecule has 0 fully saturated rings. The van der Waals surface area contributed by atoms with Gasteiger partial charge in [-0.2, -0.15) is 0 Å². The van der Waals surface area contributed by atoms with E-state index in [4.69, 9.17) is 39.9 Å². The van der Waals surface area contributed by atoms with Crippen molar-refractivity contribution in [2.45, 2.75) is 83.6 Å². The van der Waals surface area contributed by atoms with Crippen molar-refractivity contribution in [3.05, 3.63) is 97.1 Å². The quantitative estimate of drug-likeness (QED) is 0.148. The molecule has 0 saturated carbocycles. The fraction of sp³-hybridized carbons (Fsp3) is 0.289. The molecule has 8 bridgehead atoms. The van der Waals surface area contributed by atoms with E-state index in [1.54, 1.807) is 0 Å². The van der Waals surface area contributed by atoms with Crippen LogP contribution in [0.1, 0.15) is 83.6 Å². The second-order valence-corrected chi connectivity index (χ2v) is 11.4. The maximum atomic E-state index is 4.95. The average Bonchev–Trinajstić information content (AvgIpc) is 3.94. The van der Waals surface area contributed by atoms with E-state index in [9.17, 15) is 0 Å². The fourth-order valence-corrected chi connectivity index (χ4v) is 5.46. The predicted octanol–water partition coefficient (Wildman–Crippen LogP) is 12.5. The third kappa shape index (κ3) is 9.34. The van der Waals surface area contributed by atoms with Gasteiger partial charge in [-0.3, -0.25) is 0 Å². The van der Waals surface area contributed by atoms with Gasteiger partial charge in [-0.15, -0.1) is 0 Å². The molecule has 2 aliphatic rings. The minimum absolute atomic E-state index is 0. The number of hydrogen-bond acceptors (Lipinski definition) is 6. The van der Waals surface area contributed by atoms with Crippen LogP contribution in [0.25, 0.3) is 89.7 Å². The van der Waals surface area contributed by atoms with Crippen LogP contribution in [0.4, 0.5) is 0 Å². The van der Waals surface area contributed by atoms with Gasteiger partial charge in [0.25, 0.3) is 0 Å². The summed E-state index contributed by atoms with van der Waals surface area (Å²) in [4.78, 5) is 39.3. The molecule has 0 saturated heterocycles. The molecule has 5 heterocycles. The van der Waals surface area contributed by atoms with Crippen molar-refractivity contribution in [2.75, 3.05) is 0 Å². The van der Waals surface area contributed by atoms with E-state index in [1.165, 1.54) is 0 Å². The molecule has 2 aliphatic heterocycles. The summed E-state index contributed by atoms with van der Waals surface area (Å²) in [5.41, 5.74) is 5.78. The van der Waals surface area contributed by atoms with Crippen LogP contribution in [-0.4, -0.2) is 29.9 Å². The van der Waals surface area contributed by atoms with Crippen LogP contribution in [0.5, 0.6) is 0 Å². The van der Waals surface area contributed by atoms with Gasteiger partial charge in [-0.05, 0) is 27.5 Å². The van der Waals surface area contributed by atoms with Gasteiger partial charge in [0.15, 0.2) is 0 Å². The van der Waals surface area contributed by atoms with E-state index >= 15 is 0 Å². The first-order chi connectivity index (χ1) is 25.5. The summed E-state index contributed by atoms with van der Waals surface area (Å²) in [5.74, 6) is 3.04. The van der Waals surface area contributed by atoms with Crippen molar-refractivity contribution < 1.29 is 21.1 Å². The maximum Gasteiger partial charge on any atom is 2.00 e. The summed E-state index contributed by atoms with van der Waals surface area (Å²) in [5, 5.41) is 3.57. The third-order valence-electron chi connectivity index (χ3n) is 7.33. The van der Waals surface area contributed by atoms with Gasteiger partial charge in [0.1, 0.15) is 0 Å². The second kappa shape index (κ2) is 21.6. The molecule has 8 nitrogen and oxygen atoms in total. The zero-order valence-corrected chi connectivity index (χ0v) is 35.7. The molecule has 9 heteroatoms. The Morgan fingerprint density at radius 1 is 0.352 bits per heavy atom. The summed E-state index contributed by atoms with van der Waals surface area (Å²) in [6.45, 7) is 22.5. The molecule has 0 spiro atoms. The van der Waals surface area contributed by atoms with Crippen molar-refractivity contribution in [3.63, 3.8) is 0 Å². The van der Waals surface area contributed by atoms with Crippen molar-refractivity contribution in [1.82, 2.24) is 39.9 Å². The summed E-state index contributed by atoms with van der Waals surface area (Å²) in [7, 11) is 0. The Morgan fingerprint density at radius 2 is 0.537 bits per heavy atom. The first-order valence-corrected chi connectivity index (χ1v) is 18.6. The molecule has 0 unspecified atom stereocenters. The molecule has 9 rings (SSSR count). The first-order valence-electron chi connectivity index (χ1n) is 18.6. The number of hydrogen-bond donors (Lipinski definition) is 0. The van der Waals surface area contributed by atoms with Crippen molar-refractivity contribution in [1.29, 1.82) is 0 Å². The van der Waals surface area contributed by atoms with Gasteiger partial charge >= 0.3 is 21.1 Å². The molecule has 54 heavy (non-hydrogen) atoms. The Morgan fingerprint density at radius 3 is 0.741 bits per heavy atom. The molecule has 0 amide bonds. The third-order valence-corrected chi connectivity index (χ3v) is 7.33. The van der Waals surface area contributed by atoms with Crippen LogP contribution < -0.4 is 9.97 Å². The van der Waals surface area contributed by atoms with Crippen LogP contribution in [0.3, 0.4) is 0 Å². The molecule has 0 radical (unpaired) electrons. The number of fused-ring (bicyclic) bond motifs is 20. The Hall–Kier alpha value is -5.07. The molecular weight excluding hydrogens is 836 g/mol. The molecule has 0 aliphatic carbocycles. The topological polar surface area (TPSA) is 106 Å². The Kier molecular flexibility index (Phi) is 18.0. The SMILES string of the molecule is C.CC.CC.CC.CC.CC(C)C.[W+2].c1ccc2c(c1)-c1nc-2nc2[n-]c(nc3nc(nc4[n-]c(n1)c1ccccc41)-c1ccccc1-3)c1ccccc21. The summed E-state index contributed by atoms with van der Waals surface area (Å²) in [6.07, 6.45) is 0. The number of nitrogens with zero attached hydrogens (tertiary/aromatic N) is 8. The molecule has 0 N–H and O–H groups in total. The number of benzene rings is 4. The van der Waals surface area contributed by atoms with E-state index in [1.807, 2.05) is 152 Å². The zero-order chi connectivity index (χ0) is 37.8. The van der Waals surface area contributed by atoms with Crippen LogP contribution in [0, 0.1) is 5.92 Å². The van der Waals surface area contributed by atoms with Crippen LogP contribution >= 0.6 is 0 Å². The largest absolute Gasteiger partial charge is 2.00 e. The van der Waals surface area contributed by atoms with Crippen molar-refractivity contribution >= 4 is 44.1 Å². The minimum atomic E-state index is 0. The molecular formula is C45H54N8W. The minimum Gasteiger partial charge on any atom is -0.357 e. The summed E-state index contributed by atoms with van der Waals surface area (Å²) in [6, 6.07) is 31.8. The number of aromatic nitrogens is 8. The Balaban J connectivity index is 0.000000654. The first kappa shape index (κ1) is 45.1.